The Bertz CT molecular complexity index is 302. The van der Waals surface area contributed by atoms with Crippen LogP contribution in [-0.2, 0) is 4.79 Å². The standard InChI is InChI=1S/C15H28N2O/c1-15(2,3)13-8-11-17(12-9-13)14(18)7-5-4-6-10-16/h8H,4-7,9-12,16H2,1-3H3. The van der Waals surface area contributed by atoms with Gasteiger partial charge >= 0.3 is 0 Å². The summed E-state index contributed by atoms with van der Waals surface area (Å²) in [6.45, 7) is 9.13. The topological polar surface area (TPSA) is 46.3 Å². The lowest BCUT2D eigenvalue weighted by atomic mass is 9.83. The number of carbonyl (C=O) groups excluding carboxylic acids is 1. The molecule has 0 aliphatic carbocycles. The van der Waals surface area contributed by atoms with Gasteiger partial charge < -0.3 is 10.6 Å². The number of rotatable bonds is 5. The van der Waals surface area contributed by atoms with E-state index in [4.69, 9.17) is 5.73 Å². The minimum atomic E-state index is 0.246. The molecular weight excluding hydrogens is 224 g/mol. The quantitative estimate of drug-likeness (QED) is 0.604. The molecule has 0 aromatic heterocycles. The Morgan fingerprint density at radius 1 is 1.33 bits per heavy atom. The Morgan fingerprint density at radius 3 is 2.56 bits per heavy atom. The van der Waals surface area contributed by atoms with Crippen molar-refractivity contribution in [3.8, 4) is 0 Å². The molecule has 0 unspecified atom stereocenters. The van der Waals surface area contributed by atoms with Crippen molar-refractivity contribution in [1.29, 1.82) is 0 Å². The molecule has 1 amide bonds. The van der Waals surface area contributed by atoms with Crippen molar-refractivity contribution in [2.24, 2.45) is 11.1 Å². The molecule has 1 aliphatic heterocycles. The van der Waals surface area contributed by atoms with Crippen LogP contribution in [0.4, 0.5) is 0 Å². The maximum Gasteiger partial charge on any atom is 0.222 e. The van der Waals surface area contributed by atoms with E-state index in [-0.39, 0.29) is 5.41 Å². The summed E-state index contributed by atoms with van der Waals surface area (Å²) in [6.07, 6.45) is 7.01. The van der Waals surface area contributed by atoms with Crippen LogP contribution in [0.1, 0.15) is 52.9 Å². The van der Waals surface area contributed by atoms with Crippen LogP contribution >= 0.6 is 0 Å². The third-order valence-electron chi connectivity index (χ3n) is 3.62. The summed E-state index contributed by atoms with van der Waals surface area (Å²) in [5, 5.41) is 0. The largest absolute Gasteiger partial charge is 0.339 e. The molecule has 3 heteroatoms. The Morgan fingerprint density at radius 2 is 2.06 bits per heavy atom. The van der Waals surface area contributed by atoms with Gasteiger partial charge in [0.1, 0.15) is 0 Å². The maximum absolute atomic E-state index is 12.0. The van der Waals surface area contributed by atoms with Gasteiger partial charge in [0, 0.05) is 19.5 Å². The van der Waals surface area contributed by atoms with Crippen LogP contribution in [0.2, 0.25) is 0 Å². The number of nitrogens with zero attached hydrogens (tertiary/aromatic N) is 1. The lowest BCUT2D eigenvalue weighted by Crippen LogP contribution is -2.36. The van der Waals surface area contributed by atoms with E-state index >= 15 is 0 Å². The minimum Gasteiger partial charge on any atom is -0.339 e. The smallest absolute Gasteiger partial charge is 0.222 e. The molecule has 18 heavy (non-hydrogen) atoms. The summed E-state index contributed by atoms with van der Waals surface area (Å²) in [6, 6.07) is 0. The van der Waals surface area contributed by atoms with Crippen LogP contribution < -0.4 is 5.73 Å². The summed E-state index contributed by atoms with van der Waals surface area (Å²) in [7, 11) is 0. The van der Waals surface area contributed by atoms with Crippen molar-refractivity contribution in [2.45, 2.75) is 52.9 Å². The SMILES string of the molecule is CC(C)(C)C1=CCN(C(=O)CCCCCN)CC1. The van der Waals surface area contributed by atoms with Crippen LogP contribution in [-0.4, -0.2) is 30.4 Å². The average molecular weight is 252 g/mol. The van der Waals surface area contributed by atoms with Crippen LogP contribution in [0.25, 0.3) is 0 Å². The van der Waals surface area contributed by atoms with Gasteiger partial charge in [-0.3, -0.25) is 4.79 Å². The number of nitrogens with two attached hydrogens (primary N) is 1. The highest BCUT2D eigenvalue weighted by molar-refractivity contribution is 5.76. The molecule has 3 nitrogen and oxygen atoms in total. The molecule has 1 aliphatic rings. The lowest BCUT2D eigenvalue weighted by Gasteiger charge is -2.32. The maximum atomic E-state index is 12.0. The van der Waals surface area contributed by atoms with E-state index in [2.05, 4.69) is 26.8 Å². The van der Waals surface area contributed by atoms with E-state index in [0.29, 0.717) is 12.3 Å². The Hall–Kier alpha value is -0.830. The fourth-order valence-corrected chi connectivity index (χ4v) is 2.33. The molecular formula is C15H28N2O. The average Bonchev–Trinajstić information content (AvgIpc) is 2.33. The van der Waals surface area contributed by atoms with Gasteiger partial charge in [-0.25, -0.2) is 0 Å². The zero-order chi connectivity index (χ0) is 13.6. The first-order valence-corrected chi connectivity index (χ1v) is 7.12. The van der Waals surface area contributed by atoms with E-state index in [0.717, 1.165) is 45.3 Å². The van der Waals surface area contributed by atoms with Gasteiger partial charge in [-0.2, -0.15) is 0 Å². The monoisotopic (exact) mass is 252 g/mol. The van der Waals surface area contributed by atoms with Gasteiger partial charge in [-0.05, 0) is 31.2 Å². The van der Waals surface area contributed by atoms with Crippen molar-refractivity contribution in [3.63, 3.8) is 0 Å². The first-order valence-electron chi connectivity index (χ1n) is 7.12. The molecule has 0 atom stereocenters. The second-order valence-electron chi connectivity index (χ2n) is 6.17. The molecule has 0 aromatic rings. The molecule has 104 valence electrons. The number of hydrogen-bond acceptors (Lipinski definition) is 2. The van der Waals surface area contributed by atoms with Gasteiger partial charge in [0.2, 0.25) is 5.91 Å². The normalized spacial score (nSPS) is 16.7. The van der Waals surface area contributed by atoms with E-state index in [1.54, 1.807) is 0 Å². The van der Waals surface area contributed by atoms with Gasteiger partial charge in [0.25, 0.3) is 0 Å². The first-order chi connectivity index (χ1) is 8.45. The van der Waals surface area contributed by atoms with Crippen LogP contribution in [0.3, 0.4) is 0 Å². The Labute approximate surface area is 111 Å². The molecule has 1 heterocycles. The summed E-state index contributed by atoms with van der Waals surface area (Å²) in [4.78, 5) is 14.0. The zero-order valence-electron chi connectivity index (χ0n) is 12.2. The molecule has 0 radical (unpaired) electrons. The van der Waals surface area contributed by atoms with E-state index in [1.807, 2.05) is 4.90 Å². The van der Waals surface area contributed by atoms with Crippen molar-refractivity contribution < 1.29 is 4.79 Å². The Kier molecular flexibility index (Phi) is 5.86. The molecule has 0 spiro atoms. The molecule has 2 N–H and O–H groups in total. The molecule has 0 aromatic carbocycles. The number of carbonyl (C=O) groups is 1. The van der Waals surface area contributed by atoms with Crippen molar-refractivity contribution in [2.75, 3.05) is 19.6 Å². The number of amides is 1. The van der Waals surface area contributed by atoms with E-state index in [1.165, 1.54) is 5.57 Å². The highest BCUT2D eigenvalue weighted by Crippen LogP contribution is 2.30. The molecule has 0 saturated carbocycles. The Balaban J connectivity index is 2.34. The van der Waals surface area contributed by atoms with Crippen molar-refractivity contribution >= 4 is 5.91 Å². The van der Waals surface area contributed by atoms with Gasteiger partial charge in [0.05, 0.1) is 0 Å². The molecule has 0 fully saturated rings. The summed E-state index contributed by atoms with van der Waals surface area (Å²) in [5.74, 6) is 0.302. The predicted molar refractivity (Wildman–Crippen MR) is 76.3 cm³/mol. The fourth-order valence-electron chi connectivity index (χ4n) is 2.33. The lowest BCUT2D eigenvalue weighted by molar-refractivity contribution is -0.131. The molecule has 0 saturated heterocycles. The van der Waals surface area contributed by atoms with Crippen LogP contribution in [0.15, 0.2) is 11.6 Å². The highest BCUT2D eigenvalue weighted by Gasteiger charge is 2.23. The predicted octanol–water partition coefficient (Wildman–Crippen LogP) is 2.71. The second-order valence-corrected chi connectivity index (χ2v) is 6.17. The van der Waals surface area contributed by atoms with Gasteiger partial charge in [0.15, 0.2) is 0 Å². The molecule has 1 rings (SSSR count). The third kappa shape index (κ3) is 4.81. The summed E-state index contributed by atoms with van der Waals surface area (Å²) >= 11 is 0. The minimum absolute atomic E-state index is 0.246. The van der Waals surface area contributed by atoms with Crippen molar-refractivity contribution in [1.82, 2.24) is 4.90 Å². The fraction of sp³-hybridized carbons (Fsp3) is 0.800. The number of unbranched alkanes of at least 4 members (excludes halogenated alkanes) is 2. The summed E-state index contributed by atoms with van der Waals surface area (Å²) < 4.78 is 0. The van der Waals surface area contributed by atoms with E-state index in [9.17, 15) is 4.79 Å². The summed E-state index contributed by atoms with van der Waals surface area (Å²) in [5.41, 5.74) is 7.17. The zero-order valence-corrected chi connectivity index (χ0v) is 12.2. The second kappa shape index (κ2) is 6.93. The van der Waals surface area contributed by atoms with Gasteiger partial charge in [-0.15, -0.1) is 0 Å². The van der Waals surface area contributed by atoms with E-state index < -0.39 is 0 Å². The van der Waals surface area contributed by atoms with Crippen LogP contribution in [0.5, 0.6) is 0 Å². The van der Waals surface area contributed by atoms with Gasteiger partial charge in [-0.1, -0.05) is 38.8 Å². The highest BCUT2D eigenvalue weighted by atomic mass is 16.2. The number of hydrogen-bond donors (Lipinski definition) is 1. The van der Waals surface area contributed by atoms with Crippen molar-refractivity contribution in [3.05, 3.63) is 11.6 Å². The molecule has 0 bridgehead atoms. The first kappa shape index (κ1) is 15.2. The third-order valence-corrected chi connectivity index (χ3v) is 3.62. The van der Waals surface area contributed by atoms with Crippen LogP contribution in [0, 0.1) is 5.41 Å².